The van der Waals surface area contributed by atoms with Crippen molar-refractivity contribution in [2.75, 3.05) is 13.1 Å². The van der Waals surface area contributed by atoms with Crippen molar-refractivity contribution < 1.29 is 9.59 Å². The van der Waals surface area contributed by atoms with Gasteiger partial charge in [-0.2, -0.15) is 5.10 Å². The van der Waals surface area contributed by atoms with Crippen LogP contribution in [-0.4, -0.2) is 55.1 Å². The molecule has 9 heteroatoms. The molecule has 0 aromatic carbocycles. The van der Waals surface area contributed by atoms with Gasteiger partial charge in [0.2, 0.25) is 11.8 Å². The summed E-state index contributed by atoms with van der Waals surface area (Å²) in [6.07, 6.45) is 0.714. The summed E-state index contributed by atoms with van der Waals surface area (Å²) in [6, 6.07) is 1.87. The number of pyridine rings is 1. The Morgan fingerprint density at radius 2 is 2.00 bits per heavy atom. The van der Waals surface area contributed by atoms with Gasteiger partial charge in [0.05, 0.1) is 12.0 Å². The van der Waals surface area contributed by atoms with Gasteiger partial charge in [0.25, 0.3) is 5.56 Å². The third-order valence-corrected chi connectivity index (χ3v) is 5.35. The van der Waals surface area contributed by atoms with E-state index >= 15 is 0 Å². The minimum Gasteiger partial charge on any atom is -0.347 e. The molecule has 0 bridgehead atoms. The van der Waals surface area contributed by atoms with E-state index in [1.165, 1.54) is 0 Å². The Morgan fingerprint density at radius 3 is 2.62 bits per heavy atom. The highest BCUT2D eigenvalue weighted by molar-refractivity contribution is 5.80. The van der Waals surface area contributed by atoms with Crippen molar-refractivity contribution in [1.29, 1.82) is 0 Å². The SMILES string of the molecule is Cc1nc(C)n(CC(=O)NC2(C)CCN(C(=O)Cc3c(C)cc(C)[nH]c3=O)C2)n1. The smallest absolute Gasteiger partial charge is 0.252 e. The maximum absolute atomic E-state index is 12.8. The molecule has 156 valence electrons. The first kappa shape index (κ1) is 20.8. The van der Waals surface area contributed by atoms with E-state index in [1.807, 2.05) is 26.8 Å². The maximum atomic E-state index is 12.8. The molecule has 2 aromatic heterocycles. The van der Waals surface area contributed by atoms with Crippen LogP contribution in [0.3, 0.4) is 0 Å². The predicted molar refractivity (Wildman–Crippen MR) is 107 cm³/mol. The monoisotopic (exact) mass is 400 g/mol. The van der Waals surface area contributed by atoms with Crippen LogP contribution in [0.25, 0.3) is 0 Å². The zero-order valence-electron chi connectivity index (χ0n) is 17.6. The number of hydrogen-bond donors (Lipinski definition) is 2. The van der Waals surface area contributed by atoms with Gasteiger partial charge < -0.3 is 15.2 Å². The molecule has 1 aliphatic heterocycles. The van der Waals surface area contributed by atoms with E-state index in [9.17, 15) is 14.4 Å². The van der Waals surface area contributed by atoms with E-state index in [0.29, 0.717) is 36.7 Å². The minimum absolute atomic E-state index is 0.0584. The van der Waals surface area contributed by atoms with Crippen molar-refractivity contribution in [3.8, 4) is 0 Å². The lowest BCUT2D eigenvalue weighted by atomic mass is 10.0. The number of aromatic amines is 1. The maximum Gasteiger partial charge on any atom is 0.252 e. The fourth-order valence-electron chi connectivity index (χ4n) is 3.86. The van der Waals surface area contributed by atoms with Crippen molar-refractivity contribution in [3.05, 3.63) is 44.9 Å². The Hall–Kier alpha value is -2.97. The Bertz CT molecular complexity index is 1010. The number of nitrogens with zero attached hydrogens (tertiary/aromatic N) is 4. The Kier molecular flexibility index (Phi) is 5.59. The second kappa shape index (κ2) is 7.81. The molecular weight excluding hydrogens is 372 g/mol. The summed E-state index contributed by atoms with van der Waals surface area (Å²) in [5.41, 5.74) is 1.36. The van der Waals surface area contributed by atoms with Crippen molar-refractivity contribution in [1.82, 2.24) is 30.0 Å². The molecule has 0 radical (unpaired) electrons. The zero-order valence-corrected chi connectivity index (χ0v) is 17.6. The zero-order chi connectivity index (χ0) is 21.3. The van der Waals surface area contributed by atoms with Crippen LogP contribution in [0.2, 0.25) is 0 Å². The second-order valence-electron chi connectivity index (χ2n) is 8.16. The van der Waals surface area contributed by atoms with Crippen LogP contribution < -0.4 is 10.9 Å². The van der Waals surface area contributed by atoms with Gasteiger partial charge in [-0.05, 0) is 52.7 Å². The first-order valence-electron chi connectivity index (χ1n) is 9.72. The fraction of sp³-hybridized carbons (Fsp3) is 0.550. The molecule has 2 N–H and O–H groups in total. The largest absolute Gasteiger partial charge is 0.347 e. The van der Waals surface area contributed by atoms with Crippen LogP contribution in [0.15, 0.2) is 10.9 Å². The van der Waals surface area contributed by atoms with Gasteiger partial charge in [0.1, 0.15) is 18.2 Å². The Labute approximate surface area is 169 Å². The quantitative estimate of drug-likeness (QED) is 0.761. The highest BCUT2D eigenvalue weighted by atomic mass is 16.2. The summed E-state index contributed by atoms with van der Waals surface area (Å²) in [7, 11) is 0. The number of rotatable bonds is 5. The molecule has 1 fully saturated rings. The standard InChI is InChI=1S/C20H28N6O3/c1-12-8-13(2)21-19(29)16(12)9-18(28)25-7-6-20(5,11-25)23-17(27)10-26-15(4)22-14(3)24-26/h8H,6-7,9-11H2,1-5H3,(H,21,29)(H,23,27). The van der Waals surface area contributed by atoms with E-state index in [0.717, 1.165) is 11.3 Å². The van der Waals surface area contributed by atoms with Crippen molar-refractivity contribution in [2.24, 2.45) is 0 Å². The van der Waals surface area contributed by atoms with Crippen molar-refractivity contribution in [2.45, 2.75) is 59.5 Å². The molecule has 29 heavy (non-hydrogen) atoms. The third kappa shape index (κ3) is 4.72. The number of carbonyl (C=O) groups is 2. The highest BCUT2D eigenvalue weighted by Crippen LogP contribution is 2.22. The summed E-state index contributed by atoms with van der Waals surface area (Å²) in [5, 5.41) is 7.24. The van der Waals surface area contributed by atoms with E-state index in [1.54, 1.807) is 23.4 Å². The lowest BCUT2D eigenvalue weighted by molar-refractivity contribution is -0.130. The number of likely N-dealkylation sites (tertiary alicyclic amines) is 1. The Morgan fingerprint density at radius 1 is 1.28 bits per heavy atom. The number of carbonyl (C=O) groups excluding carboxylic acids is 2. The van der Waals surface area contributed by atoms with Gasteiger partial charge in [-0.15, -0.1) is 0 Å². The van der Waals surface area contributed by atoms with E-state index < -0.39 is 5.54 Å². The first-order valence-corrected chi connectivity index (χ1v) is 9.72. The number of H-pyrrole nitrogens is 1. The van der Waals surface area contributed by atoms with Gasteiger partial charge in [-0.25, -0.2) is 9.67 Å². The molecule has 3 rings (SSSR count). The molecule has 0 aliphatic carbocycles. The molecule has 2 amide bonds. The van der Waals surface area contributed by atoms with Crippen LogP contribution in [0, 0.1) is 27.7 Å². The summed E-state index contributed by atoms with van der Waals surface area (Å²) >= 11 is 0. The molecule has 9 nitrogen and oxygen atoms in total. The predicted octanol–water partition coefficient (Wildman–Crippen LogP) is 0.550. The van der Waals surface area contributed by atoms with Crippen LogP contribution in [-0.2, 0) is 22.6 Å². The van der Waals surface area contributed by atoms with Crippen LogP contribution in [0.4, 0.5) is 0 Å². The highest BCUT2D eigenvalue weighted by Gasteiger charge is 2.37. The number of aromatic nitrogens is 4. The van der Waals surface area contributed by atoms with Crippen LogP contribution >= 0.6 is 0 Å². The number of nitrogens with one attached hydrogen (secondary N) is 2. The lowest BCUT2D eigenvalue weighted by Gasteiger charge is -2.26. The number of aryl methyl sites for hydroxylation is 4. The Balaban J connectivity index is 1.61. The molecule has 1 atom stereocenters. The van der Waals surface area contributed by atoms with Crippen LogP contribution in [0.5, 0.6) is 0 Å². The minimum atomic E-state index is -0.509. The van der Waals surface area contributed by atoms with Gasteiger partial charge in [-0.1, -0.05) is 0 Å². The van der Waals surface area contributed by atoms with Gasteiger partial charge in [0, 0.05) is 24.3 Å². The molecule has 1 unspecified atom stereocenters. The average molecular weight is 400 g/mol. The van der Waals surface area contributed by atoms with Gasteiger partial charge in [-0.3, -0.25) is 14.4 Å². The summed E-state index contributed by atoms with van der Waals surface area (Å²) in [5.74, 6) is 1.04. The molecule has 2 aromatic rings. The average Bonchev–Trinajstić information content (AvgIpc) is 3.12. The van der Waals surface area contributed by atoms with Crippen molar-refractivity contribution in [3.63, 3.8) is 0 Å². The number of amides is 2. The molecule has 3 heterocycles. The summed E-state index contributed by atoms with van der Waals surface area (Å²) in [6.45, 7) is 10.2. The van der Waals surface area contributed by atoms with E-state index in [4.69, 9.17) is 0 Å². The summed E-state index contributed by atoms with van der Waals surface area (Å²) < 4.78 is 1.57. The third-order valence-electron chi connectivity index (χ3n) is 5.35. The second-order valence-corrected chi connectivity index (χ2v) is 8.16. The molecule has 0 spiro atoms. The van der Waals surface area contributed by atoms with E-state index in [-0.39, 0.29) is 30.3 Å². The molecule has 0 saturated carbocycles. The molecular formula is C20H28N6O3. The van der Waals surface area contributed by atoms with E-state index in [2.05, 4.69) is 20.4 Å². The fourth-order valence-corrected chi connectivity index (χ4v) is 3.86. The number of hydrogen-bond acceptors (Lipinski definition) is 5. The van der Waals surface area contributed by atoms with Crippen molar-refractivity contribution >= 4 is 11.8 Å². The summed E-state index contributed by atoms with van der Waals surface area (Å²) in [4.78, 5) is 46.1. The molecule has 1 saturated heterocycles. The normalized spacial score (nSPS) is 18.9. The molecule has 1 aliphatic rings. The van der Waals surface area contributed by atoms with Crippen LogP contribution in [0.1, 0.15) is 41.8 Å². The lowest BCUT2D eigenvalue weighted by Crippen LogP contribution is -2.49. The van der Waals surface area contributed by atoms with Gasteiger partial charge in [0.15, 0.2) is 0 Å². The van der Waals surface area contributed by atoms with Gasteiger partial charge >= 0.3 is 0 Å². The topological polar surface area (TPSA) is 113 Å². The first-order chi connectivity index (χ1) is 13.6.